The van der Waals surface area contributed by atoms with E-state index < -0.39 is 0 Å². The highest BCUT2D eigenvalue weighted by Gasteiger charge is 2.21. The van der Waals surface area contributed by atoms with Crippen LogP contribution in [-0.2, 0) is 27.4 Å². The fourth-order valence-electron chi connectivity index (χ4n) is 3.15. The molecular formula is C22H23NO3. The second-order valence-corrected chi connectivity index (χ2v) is 6.55. The van der Waals surface area contributed by atoms with E-state index in [1.807, 2.05) is 73.7 Å². The predicted molar refractivity (Wildman–Crippen MR) is 100 cm³/mol. The van der Waals surface area contributed by atoms with Gasteiger partial charge in [-0.05, 0) is 22.6 Å². The Bertz CT molecular complexity index is 798. The van der Waals surface area contributed by atoms with Crippen LogP contribution in [0.25, 0.3) is 0 Å². The molecule has 0 bridgehead atoms. The molecule has 2 aromatic rings. The molecule has 1 aliphatic heterocycles. The van der Waals surface area contributed by atoms with Crippen molar-refractivity contribution in [3.63, 3.8) is 0 Å². The zero-order valence-corrected chi connectivity index (χ0v) is 14.9. The highest BCUT2D eigenvalue weighted by Crippen LogP contribution is 2.24. The highest BCUT2D eigenvalue weighted by molar-refractivity contribution is 5.79. The molecule has 0 saturated heterocycles. The third-order valence-electron chi connectivity index (χ3n) is 4.58. The Balaban J connectivity index is 1.91. The zero-order chi connectivity index (χ0) is 18.4. The smallest absolute Gasteiger partial charge is 0.309 e. The number of carbonyl (C=O) groups is 2. The van der Waals surface area contributed by atoms with Crippen molar-refractivity contribution in [3.8, 4) is 0 Å². The number of fused-ring (bicyclic) bond motifs is 1. The van der Waals surface area contributed by atoms with Crippen LogP contribution in [0.4, 0.5) is 0 Å². The van der Waals surface area contributed by atoms with E-state index >= 15 is 0 Å². The van der Waals surface area contributed by atoms with Crippen LogP contribution in [0.5, 0.6) is 0 Å². The minimum Gasteiger partial charge on any atom is -0.461 e. The molecule has 1 heterocycles. The molecule has 26 heavy (non-hydrogen) atoms. The summed E-state index contributed by atoms with van der Waals surface area (Å²) in [6.45, 7) is 2.22. The molecule has 2 atom stereocenters. The minimum atomic E-state index is -0.266. The third kappa shape index (κ3) is 4.60. The number of rotatable bonds is 1. The molecule has 0 radical (unpaired) electrons. The maximum atomic E-state index is 12.7. The van der Waals surface area contributed by atoms with Gasteiger partial charge in [0.25, 0.3) is 0 Å². The first-order valence-corrected chi connectivity index (χ1v) is 8.87. The van der Waals surface area contributed by atoms with Gasteiger partial charge in [0.05, 0.1) is 18.9 Å². The average Bonchev–Trinajstić information content (AvgIpc) is 2.66. The van der Waals surface area contributed by atoms with Crippen molar-refractivity contribution < 1.29 is 14.3 Å². The van der Waals surface area contributed by atoms with Crippen LogP contribution >= 0.6 is 0 Å². The van der Waals surface area contributed by atoms with Gasteiger partial charge in [0.1, 0.15) is 6.61 Å². The number of amides is 1. The summed E-state index contributed by atoms with van der Waals surface area (Å²) in [5.74, 6) is -0.264. The summed E-state index contributed by atoms with van der Waals surface area (Å²) in [6.07, 6.45) is 4.26. The summed E-state index contributed by atoms with van der Waals surface area (Å²) in [5, 5.41) is 3.16. The summed E-state index contributed by atoms with van der Waals surface area (Å²) in [6, 6.07) is 17.3. The van der Waals surface area contributed by atoms with Crippen molar-refractivity contribution in [2.24, 2.45) is 5.92 Å². The minimum absolute atomic E-state index is 0.0443. The molecule has 2 aromatic carbocycles. The van der Waals surface area contributed by atoms with Crippen LogP contribution in [0.1, 0.15) is 36.1 Å². The quantitative estimate of drug-likeness (QED) is 0.630. The third-order valence-corrected chi connectivity index (χ3v) is 4.58. The Hall–Kier alpha value is -2.88. The first-order chi connectivity index (χ1) is 12.6. The molecule has 3 rings (SSSR count). The molecule has 1 aliphatic rings. The van der Waals surface area contributed by atoms with Crippen molar-refractivity contribution in [3.05, 3.63) is 83.4 Å². The monoisotopic (exact) mass is 349 g/mol. The van der Waals surface area contributed by atoms with E-state index in [1.54, 1.807) is 0 Å². The van der Waals surface area contributed by atoms with Crippen molar-refractivity contribution in [2.75, 3.05) is 0 Å². The second kappa shape index (κ2) is 8.48. The highest BCUT2D eigenvalue weighted by atomic mass is 16.5. The topological polar surface area (TPSA) is 55.4 Å². The number of ether oxygens (including phenoxy) is 1. The average molecular weight is 349 g/mol. The SMILES string of the molecule is C[C@@H]1/C=C/CC(=O)OCc2ccccc2CC(=O)N[C@@H]1c1ccccc1. The molecule has 0 aromatic heterocycles. The lowest BCUT2D eigenvalue weighted by molar-refractivity contribution is -0.143. The van der Waals surface area contributed by atoms with E-state index in [4.69, 9.17) is 4.74 Å². The van der Waals surface area contributed by atoms with Gasteiger partial charge < -0.3 is 10.1 Å². The molecule has 0 spiro atoms. The number of benzene rings is 2. The summed E-state index contributed by atoms with van der Waals surface area (Å²) in [7, 11) is 0. The van der Waals surface area contributed by atoms with E-state index in [-0.39, 0.29) is 43.3 Å². The normalized spacial score (nSPS) is 22.7. The van der Waals surface area contributed by atoms with Crippen molar-refractivity contribution in [1.82, 2.24) is 5.32 Å². The lowest BCUT2D eigenvalue weighted by Gasteiger charge is -2.24. The van der Waals surface area contributed by atoms with E-state index in [2.05, 4.69) is 5.32 Å². The van der Waals surface area contributed by atoms with Gasteiger partial charge in [-0.1, -0.05) is 73.7 Å². The Kier molecular flexibility index (Phi) is 5.84. The molecular weight excluding hydrogens is 326 g/mol. The molecule has 0 saturated carbocycles. The van der Waals surface area contributed by atoms with E-state index in [9.17, 15) is 9.59 Å². The van der Waals surface area contributed by atoms with Crippen LogP contribution < -0.4 is 5.32 Å². The van der Waals surface area contributed by atoms with E-state index in [0.29, 0.717) is 0 Å². The van der Waals surface area contributed by atoms with Crippen LogP contribution in [0.15, 0.2) is 66.7 Å². The molecule has 0 unspecified atom stereocenters. The molecule has 4 nitrogen and oxygen atoms in total. The van der Waals surface area contributed by atoms with Gasteiger partial charge >= 0.3 is 5.97 Å². The van der Waals surface area contributed by atoms with Gasteiger partial charge in [-0.3, -0.25) is 9.59 Å². The van der Waals surface area contributed by atoms with Crippen LogP contribution in [-0.4, -0.2) is 11.9 Å². The molecule has 1 amide bonds. The molecule has 134 valence electrons. The van der Waals surface area contributed by atoms with Crippen molar-refractivity contribution in [2.45, 2.75) is 32.4 Å². The van der Waals surface area contributed by atoms with Crippen LogP contribution in [0.2, 0.25) is 0 Å². The summed E-state index contributed by atoms with van der Waals surface area (Å²) in [4.78, 5) is 24.7. The largest absolute Gasteiger partial charge is 0.461 e. The molecule has 1 N–H and O–H groups in total. The first kappa shape index (κ1) is 17.9. The standard InChI is InChI=1S/C22H23NO3/c1-16-8-7-13-21(25)26-15-19-12-6-5-11-18(19)14-20(24)23-22(16)17-9-3-2-4-10-17/h2-12,16,22H,13-15H2,1H3,(H,23,24)/b8-7+/t16-,22+/m1/s1. The maximum Gasteiger partial charge on any atom is 0.309 e. The van der Waals surface area contributed by atoms with E-state index in [0.717, 1.165) is 16.7 Å². The number of esters is 1. The summed E-state index contributed by atoms with van der Waals surface area (Å²) >= 11 is 0. The maximum absolute atomic E-state index is 12.7. The lowest BCUT2D eigenvalue weighted by Crippen LogP contribution is -2.33. The predicted octanol–water partition coefficient (Wildman–Crippen LogP) is 3.73. The fraction of sp³-hybridized carbons (Fsp3) is 0.273. The van der Waals surface area contributed by atoms with E-state index in [1.165, 1.54) is 0 Å². The van der Waals surface area contributed by atoms with Gasteiger partial charge in [-0.25, -0.2) is 0 Å². The van der Waals surface area contributed by atoms with Crippen molar-refractivity contribution in [1.29, 1.82) is 0 Å². The van der Waals surface area contributed by atoms with Crippen molar-refractivity contribution >= 4 is 11.9 Å². The van der Waals surface area contributed by atoms with Gasteiger partial charge in [-0.15, -0.1) is 0 Å². The number of nitrogens with one attached hydrogen (secondary N) is 1. The fourth-order valence-corrected chi connectivity index (χ4v) is 3.15. The van der Waals surface area contributed by atoms with Gasteiger partial charge in [0.2, 0.25) is 5.91 Å². The Morgan fingerprint density at radius 3 is 2.42 bits per heavy atom. The zero-order valence-electron chi connectivity index (χ0n) is 14.9. The molecule has 0 fully saturated rings. The van der Waals surface area contributed by atoms with Gasteiger partial charge in [0.15, 0.2) is 0 Å². The number of hydrogen-bond donors (Lipinski definition) is 1. The number of cyclic esters (lactones) is 1. The second-order valence-electron chi connectivity index (χ2n) is 6.55. The number of carbonyl (C=O) groups excluding carboxylic acids is 2. The van der Waals surface area contributed by atoms with Crippen LogP contribution in [0.3, 0.4) is 0 Å². The van der Waals surface area contributed by atoms with Crippen LogP contribution in [0, 0.1) is 5.92 Å². The Morgan fingerprint density at radius 2 is 1.65 bits per heavy atom. The number of hydrogen-bond acceptors (Lipinski definition) is 3. The molecule has 4 heteroatoms. The lowest BCUT2D eigenvalue weighted by atomic mass is 9.93. The Morgan fingerprint density at radius 1 is 0.962 bits per heavy atom. The first-order valence-electron chi connectivity index (χ1n) is 8.87. The molecule has 0 aliphatic carbocycles. The van der Waals surface area contributed by atoms with Gasteiger partial charge in [-0.2, -0.15) is 0 Å². The Labute approximate surface area is 153 Å². The van der Waals surface area contributed by atoms with Gasteiger partial charge in [0, 0.05) is 0 Å². The summed E-state index contributed by atoms with van der Waals surface area (Å²) < 4.78 is 5.34. The summed E-state index contributed by atoms with van der Waals surface area (Å²) in [5.41, 5.74) is 2.79.